The molecule has 1 rings (SSSR count). The van der Waals surface area contributed by atoms with Crippen LogP contribution in [0, 0.1) is 0 Å². The van der Waals surface area contributed by atoms with Gasteiger partial charge in [0.1, 0.15) is 0 Å². The summed E-state index contributed by atoms with van der Waals surface area (Å²) in [6, 6.07) is 11.2. The lowest BCUT2D eigenvalue weighted by atomic mass is 10.0. The minimum Gasteiger partial charge on any atom is -0.356 e. The number of hydrogen-bond acceptors (Lipinski definition) is 2. The second-order valence-corrected chi connectivity index (χ2v) is 5.93. The van der Waals surface area contributed by atoms with Crippen molar-refractivity contribution >= 4 is 29.9 Å². The Morgan fingerprint density at radius 2 is 1.83 bits per heavy atom. The molecule has 2 atom stereocenters. The fourth-order valence-corrected chi connectivity index (χ4v) is 2.25. The van der Waals surface area contributed by atoms with Crippen LogP contribution >= 0.6 is 24.0 Å². The molecule has 0 aromatic heterocycles. The monoisotopic (exact) mass is 432 g/mol. The van der Waals surface area contributed by atoms with E-state index in [0.29, 0.717) is 12.0 Å². The van der Waals surface area contributed by atoms with Gasteiger partial charge in [0, 0.05) is 32.7 Å². The first-order valence-electron chi connectivity index (χ1n) is 8.28. The average Bonchev–Trinajstić information content (AvgIpc) is 2.57. The first kappa shape index (κ1) is 22.2. The Kier molecular flexibility index (Phi) is 12.1. The standard InChI is InChI=1S/C18H32N4.HI/c1-6-16(3)22(5)13-12-20-18(19-4)21-14-15(2)17-10-8-7-9-11-17;/h7-11,15-16H,6,12-14H2,1-5H3,(H2,19,20,21);1H. The summed E-state index contributed by atoms with van der Waals surface area (Å²) in [5, 5.41) is 6.79. The second kappa shape index (κ2) is 12.6. The Labute approximate surface area is 159 Å². The molecular formula is C18H33IN4. The van der Waals surface area contributed by atoms with Gasteiger partial charge in [0.15, 0.2) is 5.96 Å². The van der Waals surface area contributed by atoms with Gasteiger partial charge in [0.05, 0.1) is 0 Å². The first-order chi connectivity index (χ1) is 10.6. The minimum absolute atomic E-state index is 0. The Morgan fingerprint density at radius 3 is 2.39 bits per heavy atom. The zero-order valence-electron chi connectivity index (χ0n) is 15.2. The van der Waals surface area contributed by atoms with Crippen LogP contribution in [0.2, 0.25) is 0 Å². The maximum Gasteiger partial charge on any atom is 0.191 e. The lowest BCUT2D eigenvalue weighted by Gasteiger charge is -2.24. The van der Waals surface area contributed by atoms with Gasteiger partial charge in [-0.25, -0.2) is 0 Å². The van der Waals surface area contributed by atoms with Crippen LogP contribution in [-0.4, -0.2) is 50.6 Å². The van der Waals surface area contributed by atoms with Gasteiger partial charge in [0.25, 0.3) is 0 Å². The van der Waals surface area contributed by atoms with E-state index in [1.165, 1.54) is 12.0 Å². The predicted molar refractivity (Wildman–Crippen MR) is 112 cm³/mol. The number of nitrogens with one attached hydrogen (secondary N) is 2. The summed E-state index contributed by atoms with van der Waals surface area (Å²) < 4.78 is 0. The van der Waals surface area contributed by atoms with Crippen LogP contribution in [0.1, 0.15) is 38.7 Å². The number of hydrogen-bond donors (Lipinski definition) is 2. The van der Waals surface area contributed by atoms with E-state index in [1.54, 1.807) is 0 Å². The van der Waals surface area contributed by atoms with Crippen molar-refractivity contribution in [3.8, 4) is 0 Å². The highest BCUT2D eigenvalue weighted by Gasteiger charge is 2.08. The maximum absolute atomic E-state index is 4.29. The van der Waals surface area contributed by atoms with E-state index in [0.717, 1.165) is 25.6 Å². The molecule has 4 nitrogen and oxygen atoms in total. The van der Waals surface area contributed by atoms with Gasteiger partial charge in [0.2, 0.25) is 0 Å². The fourth-order valence-electron chi connectivity index (χ4n) is 2.25. The third-order valence-corrected chi connectivity index (χ3v) is 4.27. The minimum atomic E-state index is 0. The number of likely N-dealkylation sites (N-methyl/N-ethyl adjacent to an activating group) is 1. The number of guanidine groups is 1. The molecule has 132 valence electrons. The van der Waals surface area contributed by atoms with E-state index in [9.17, 15) is 0 Å². The van der Waals surface area contributed by atoms with Crippen molar-refractivity contribution < 1.29 is 0 Å². The Hall–Kier alpha value is -0.820. The van der Waals surface area contributed by atoms with E-state index in [2.05, 4.69) is 78.7 Å². The van der Waals surface area contributed by atoms with Crippen molar-refractivity contribution in [3.05, 3.63) is 35.9 Å². The molecule has 5 heteroatoms. The van der Waals surface area contributed by atoms with Gasteiger partial charge in [-0.05, 0) is 31.9 Å². The highest BCUT2D eigenvalue weighted by molar-refractivity contribution is 14.0. The Balaban J connectivity index is 0.00000484. The molecule has 0 saturated heterocycles. The summed E-state index contributed by atoms with van der Waals surface area (Å²) in [7, 11) is 3.99. The summed E-state index contributed by atoms with van der Waals surface area (Å²) >= 11 is 0. The molecule has 1 aromatic carbocycles. The fraction of sp³-hybridized carbons (Fsp3) is 0.611. The normalized spacial score (nSPS) is 14.1. The molecular weight excluding hydrogens is 399 g/mol. The molecule has 2 N–H and O–H groups in total. The first-order valence-corrected chi connectivity index (χ1v) is 8.28. The summed E-state index contributed by atoms with van der Waals surface area (Å²) in [5.41, 5.74) is 1.35. The van der Waals surface area contributed by atoms with Crippen molar-refractivity contribution in [1.82, 2.24) is 15.5 Å². The number of halogens is 1. The molecule has 0 amide bonds. The van der Waals surface area contributed by atoms with Crippen molar-refractivity contribution in [2.75, 3.05) is 33.7 Å². The zero-order chi connectivity index (χ0) is 16.4. The van der Waals surface area contributed by atoms with Gasteiger partial charge in [-0.2, -0.15) is 0 Å². The van der Waals surface area contributed by atoms with Crippen LogP contribution in [0.3, 0.4) is 0 Å². The maximum atomic E-state index is 4.29. The molecule has 0 aliphatic heterocycles. The molecule has 0 radical (unpaired) electrons. The molecule has 0 bridgehead atoms. The second-order valence-electron chi connectivity index (χ2n) is 5.93. The van der Waals surface area contributed by atoms with Crippen LogP contribution in [0.4, 0.5) is 0 Å². The van der Waals surface area contributed by atoms with Crippen LogP contribution in [-0.2, 0) is 0 Å². The molecule has 0 aliphatic carbocycles. The van der Waals surface area contributed by atoms with Crippen LogP contribution < -0.4 is 10.6 Å². The topological polar surface area (TPSA) is 39.7 Å². The van der Waals surface area contributed by atoms with E-state index in [-0.39, 0.29) is 24.0 Å². The molecule has 1 aromatic rings. The molecule has 0 fully saturated rings. The van der Waals surface area contributed by atoms with Crippen LogP contribution in [0.15, 0.2) is 35.3 Å². The highest BCUT2D eigenvalue weighted by atomic mass is 127. The molecule has 2 unspecified atom stereocenters. The van der Waals surface area contributed by atoms with Crippen molar-refractivity contribution in [2.45, 2.75) is 39.2 Å². The van der Waals surface area contributed by atoms with Crippen molar-refractivity contribution in [2.24, 2.45) is 4.99 Å². The number of aliphatic imine (C=N–C) groups is 1. The average molecular weight is 432 g/mol. The van der Waals surface area contributed by atoms with E-state index in [1.807, 2.05) is 7.05 Å². The van der Waals surface area contributed by atoms with E-state index >= 15 is 0 Å². The number of benzene rings is 1. The largest absolute Gasteiger partial charge is 0.356 e. The third-order valence-electron chi connectivity index (χ3n) is 4.27. The summed E-state index contributed by atoms with van der Waals surface area (Å²) in [5.74, 6) is 1.34. The SMILES string of the molecule is CCC(C)N(C)CCNC(=NC)NCC(C)c1ccccc1.I. The van der Waals surface area contributed by atoms with E-state index in [4.69, 9.17) is 0 Å². The summed E-state index contributed by atoms with van der Waals surface area (Å²) in [6.07, 6.45) is 1.18. The van der Waals surface area contributed by atoms with Gasteiger partial charge in [-0.15, -0.1) is 24.0 Å². The molecule has 0 heterocycles. The van der Waals surface area contributed by atoms with Crippen LogP contribution in [0.5, 0.6) is 0 Å². The number of nitrogens with zero attached hydrogens (tertiary/aromatic N) is 2. The van der Waals surface area contributed by atoms with Crippen molar-refractivity contribution in [3.63, 3.8) is 0 Å². The van der Waals surface area contributed by atoms with Gasteiger partial charge in [-0.3, -0.25) is 4.99 Å². The van der Waals surface area contributed by atoms with E-state index < -0.39 is 0 Å². The Bertz CT molecular complexity index is 436. The van der Waals surface area contributed by atoms with Gasteiger partial charge >= 0.3 is 0 Å². The third kappa shape index (κ3) is 8.55. The Morgan fingerprint density at radius 1 is 1.17 bits per heavy atom. The smallest absolute Gasteiger partial charge is 0.191 e. The quantitative estimate of drug-likeness (QED) is 0.376. The lowest BCUT2D eigenvalue weighted by Crippen LogP contribution is -2.43. The zero-order valence-corrected chi connectivity index (χ0v) is 17.5. The van der Waals surface area contributed by atoms with Gasteiger partial charge < -0.3 is 15.5 Å². The molecule has 0 spiro atoms. The highest BCUT2D eigenvalue weighted by Crippen LogP contribution is 2.12. The lowest BCUT2D eigenvalue weighted by molar-refractivity contribution is 0.255. The number of rotatable bonds is 8. The molecule has 23 heavy (non-hydrogen) atoms. The van der Waals surface area contributed by atoms with Crippen LogP contribution in [0.25, 0.3) is 0 Å². The van der Waals surface area contributed by atoms with Crippen molar-refractivity contribution in [1.29, 1.82) is 0 Å². The predicted octanol–water partition coefficient (Wildman–Crippen LogP) is 3.30. The summed E-state index contributed by atoms with van der Waals surface area (Å²) in [6.45, 7) is 9.51. The van der Waals surface area contributed by atoms with Gasteiger partial charge in [-0.1, -0.05) is 44.2 Å². The molecule has 0 saturated carbocycles. The summed E-state index contributed by atoms with van der Waals surface area (Å²) in [4.78, 5) is 6.66. The molecule has 0 aliphatic rings.